The average molecular weight is 368 g/mol. The predicted octanol–water partition coefficient (Wildman–Crippen LogP) is 3.44. The molecule has 142 valence electrons. The maximum Gasteiger partial charge on any atom is 0.321 e. The molecule has 0 spiro atoms. The van der Waals surface area contributed by atoms with E-state index in [1.54, 1.807) is 11.0 Å². The zero-order chi connectivity index (χ0) is 18.6. The van der Waals surface area contributed by atoms with Crippen molar-refractivity contribution in [2.24, 2.45) is 5.92 Å². The molecule has 2 aromatic rings. The summed E-state index contributed by atoms with van der Waals surface area (Å²) >= 11 is 0. The summed E-state index contributed by atoms with van der Waals surface area (Å²) in [6.07, 6.45) is 1.09. The number of aliphatic hydroxyl groups excluding tert-OH is 1. The zero-order valence-electron chi connectivity index (χ0n) is 15.1. The van der Waals surface area contributed by atoms with Crippen LogP contribution in [0.4, 0.5) is 10.5 Å². The van der Waals surface area contributed by atoms with Crippen LogP contribution in [0.15, 0.2) is 48.5 Å². The Balaban J connectivity index is 1.32. The minimum absolute atomic E-state index is 0.126. The first-order valence-corrected chi connectivity index (χ1v) is 9.39. The maximum absolute atomic E-state index is 12.6. The summed E-state index contributed by atoms with van der Waals surface area (Å²) in [5, 5.41) is 13.5. The number of amides is 2. The third-order valence-corrected chi connectivity index (χ3v) is 5.21. The van der Waals surface area contributed by atoms with Gasteiger partial charge in [0.05, 0.1) is 6.10 Å². The van der Waals surface area contributed by atoms with Crippen molar-refractivity contribution in [3.05, 3.63) is 54.1 Å². The highest BCUT2D eigenvalue weighted by molar-refractivity contribution is 5.89. The minimum atomic E-state index is -0.478. The Morgan fingerprint density at radius 3 is 2.48 bits per heavy atom. The molecule has 2 aromatic carbocycles. The van der Waals surface area contributed by atoms with Crippen molar-refractivity contribution in [3.63, 3.8) is 0 Å². The molecule has 0 radical (unpaired) electrons. The smallest absolute Gasteiger partial charge is 0.321 e. The molecule has 2 amide bonds. The van der Waals surface area contributed by atoms with Crippen molar-refractivity contribution >= 4 is 11.7 Å². The minimum Gasteiger partial charge on any atom is -0.486 e. The number of urea groups is 1. The lowest BCUT2D eigenvalue weighted by Gasteiger charge is -2.34. The van der Waals surface area contributed by atoms with Crippen molar-refractivity contribution in [2.45, 2.75) is 18.9 Å². The van der Waals surface area contributed by atoms with Crippen LogP contribution in [0.5, 0.6) is 11.5 Å². The largest absolute Gasteiger partial charge is 0.486 e. The number of nitrogens with one attached hydrogen (secondary N) is 1. The highest BCUT2D eigenvalue weighted by Gasteiger charge is 2.28. The Morgan fingerprint density at radius 2 is 1.74 bits per heavy atom. The topological polar surface area (TPSA) is 71.0 Å². The molecule has 27 heavy (non-hydrogen) atoms. The molecule has 0 bridgehead atoms. The molecule has 2 heterocycles. The van der Waals surface area contributed by atoms with Crippen LogP contribution in [0, 0.1) is 5.92 Å². The van der Waals surface area contributed by atoms with Crippen LogP contribution in [-0.2, 0) is 0 Å². The highest BCUT2D eigenvalue weighted by Crippen LogP contribution is 2.33. The molecule has 1 unspecified atom stereocenters. The number of ether oxygens (including phenoxy) is 2. The van der Waals surface area contributed by atoms with Crippen LogP contribution in [0.25, 0.3) is 0 Å². The summed E-state index contributed by atoms with van der Waals surface area (Å²) < 4.78 is 11.1. The Hall–Kier alpha value is -2.73. The molecule has 6 nitrogen and oxygen atoms in total. The second kappa shape index (κ2) is 7.88. The number of likely N-dealkylation sites (tertiary alicyclic amines) is 1. The number of benzene rings is 2. The fourth-order valence-electron chi connectivity index (χ4n) is 3.66. The van der Waals surface area contributed by atoms with Gasteiger partial charge in [-0.25, -0.2) is 4.79 Å². The number of carbonyl (C=O) groups is 1. The van der Waals surface area contributed by atoms with E-state index in [0.717, 1.165) is 18.4 Å². The summed E-state index contributed by atoms with van der Waals surface area (Å²) in [5.74, 6) is 1.53. The van der Waals surface area contributed by atoms with Gasteiger partial charge in [-0.2, -0.15) is 0 Å². The monoisotopic (exact) mass is 368 g/mol. The number of nitrogens with zero attached hydrogens (tertiary/aromatic N) is 1. The fourth-order valence-corrected chi connectivity index (χ4v) is 3.66. The van der Waals surface area contributed by atoms with Gasteiger partial charge in [-0.3, -0.25) is 0 Å². The van der Waals surface area contributed by atoms with Crippen molar-refractivity contribution in [1.82, 2.24) is 4.90 Å². The predicted molar refractivity (Wildman–Crippen MR) is 102 cm³/mol. The third kappa shape index (κ3) is 4.01. The summed E-state index contributed by atoms with van der Waals surface area (Å²) in [6.45, 7) is 2.32. The summed E-state index contributed by atoms with van der Waals surface area (Å²) in [4.78, 5) is 14.4. The molecular weight excluding hydrogens is 344 g/mol. The van der Waals surface area contributed by atoms with E-state index in [4.69, 9.17) is 9.47 Å². The average Bonchev–Trinajstić information content (AvgIpc) is 2.74. The van der Waals surface area contributed by atoms with Crippen LogP contribution in [0.1, 0.15) is 24.5 Å². The Morgan fingerprint density at radius 1 is 1.04 bits per heavy atom. The van der Waals surface area contributed by atoms with E-state index in [2.05, 4.69) is 5.32 Å². The van der Waals surface area contributed by atoms with Crippen LogP contribution < -0.4 is 14.8 Å². The summed E-state index contributed by atoms with van der Waals surface area (Å²) in [6, 6.07) is 15.0. The molecule has 0 aromatic heterocycles. The van der Waals surface area contributed by atoms with E-state index in [0.29, 0.717) is 43.5 Å². The van der Waals surface area contributed by atoms with E-state index < -0.39 is 6.10 Å². The van der Waals surface area contributed by atoms with Gasteiger partial charge in [-0.1, -0.05) is 30.3 Å². The maximum atomic E-state index is 12.6. The Labute approximate surface area is 158 Å². The summed E-state index contributed by atoms with van der Waals surface area (Å²) in [7, 11) is 0. The number of aliphatic hydroxyl groups is 1. The van der Waals surface area contributed by atoms with Gasteiger partial charge in [-0.05, 0) is 36.5 Å². The van der Waals surface area contributed by atoms with E-state index in [1.807, 2.05) is 42.5 Å². The van der Waals surface area contributed by atoms with Gasteiger partial charge in [0.25, 0.3) is 0 Å². The second-order valence-corrected chi connectivity index (χ2v) is 6.97. The van der Waals surface area contributed by atoms with E-state index in [9.17, 15) is 9.90 Å². The lowest BCUT2D eigenvalue weighted by atomic mass is 9.87. The van der Waals surface area contributed by atoms with Crippen molar-refractivity contribution in [3.8, 4) is 11.5 Å². The zero-order valence-corrected chi connectivity index (χ0v) is 15.1. The third-order valence-electron chi connectivity index (χ3n) is 5.21. The number of carbonyl (C=O) groups excluding carboxylic acids is 1. The van der Waals surface area contributed by atoms with Crippen LogP contribution in [0.2, 0.25) is 0 Å². The highest BCUT2D eigenvalue weighted by atomic mass is 16.6. The number of piperidine rings is 1. The first-order valence-electron chi connectivity index (χ1n) is 9.39. The molecule has 4 rings (SSSR count). The van der Waals surface area contributed by atoms with E-state index in [-0.39, 0.29) is 11.9 Å². The quantitative estimate of drug-likeness (QED) is 0.871. The molecule has 6 heteroatoms. The van der Waals surface area contributed by atoms with Crippen molar-refractivity contribution in [1.29, 1.82) is 0 Å². The van der Waals surface area contributed by atoms with E-state index >= 15 is 0 Å². The molecule has 2 aliphatic rings. The van der Waals surface area contributed by atoms with Crippen molar-refractivity contribution in [2.75, 3.05) is 31.6 Å². The fraction of sp³-hybridized carbons (Fsp3) is 0.381. The van der Waals surface area contributed by atoms with Gasteiger partial charge < -0.3 is 24.8 Å². The molecule has 1 fully saturated rings. The number of hydrogen-bond acceptors (Lipinski definition) is 4. The molecule has 0 saturated carbocycles. The normalized spacial score (nSPS) is 18.0. The Bertz CT molecular complexity index is 788. The van der Waals surface area contributed by atoms with Crippen molar-refractivity contribution < 1.29 is 19.4 Å². The lowest BCUT2D eigenvalue weighted by molar-refractivity contribution is 0.0683. The van der Waals surface area contributed by atoms with E-state index in [1.165, 1.54) is 0 Å². The number of rotatable bonds is 3. The van der Waals surface area contributed by atoms with Gasteiger partial charge >= 0.3 is 6.03 Å². The standard InChI is InChI=1S/C21H24N2O4/c24-20(15-4-2-1-3-5-15)16-8-10-23(11-9-16)21(25)22-17-6-7-18-19(14-17)27-13-12-26-18/h1-7,14,16,20,24H,8-13H2,(H,22,25). The second-order valence-electron chi connectivity index (χ2n) is 6.97. The first kappa shape index (κ1) is 17.7. The number of anilines is 1. The molecule has 2 aliphatic heterocycles. The molecule has 0 aliphatic carbocycles. The molecule has 1 saturated heterocycles. The van der Waals surface area contributed by atoms with Gasteiger partial charge in [0.2, 0.25) is 0 Å². The van der Waals surface area contributed by atoms with Crippen LogP contribution in [0.3, 0.4) is 0 Å². The lowest BCUT2D eigenvalue weighted by Crippen LogP contribution is -2.42. The van der Waals surface area contributed by atoms with Crippen LogP contribution >= 0.6 is 0 Å². The molecule has 2 N–H and O–H groups in total. The summed E-state index contributed by atoms with van der Waals surface area (Å²) in [5.41, 5.74) is 1.63. The van der Waals surface area contributed by atoms with Gasteiger partial charge in [0, 0.05) is 24.8 Å². The van der Waals surface area contributed by atoms with Gasteiger partial charge in [0.1, 0.15) is 13.2 Å². The number of hydrogen-bond donors (Lipinski definition) is 2. The first-order chi connectivity index (χ1) is 13.2. The van der Waals surface area contributed by atoms with Gasteiger partial charge in [-0.15, -0.1) is 0 Å². The number of fused-ring (bicyclic) bond motifs is 1. The molecular formula is C21H24N2O4. The van der Waals surface area contributed by atoms with Crippen LogP contribution in [-0.4, -0.2) is 42.3 Å². The molecule has 1 atom stereocenters. The Kier molecular flexibility index (Phi) is 5.16. The van der Waals surface area contributed by atoms with Gasteiger partial charge in [0.15, 0.2) is 11.5 Å². The SMILES string of the molecule is O=C(Nc1ccc2c(c1)OCCO2)N1CCC(C(O)c2ccccc2)CC1.